The van der Waals surface area contributed by atoms with Gasteiger partial charge in [0.05, 0.1) is 16.8 Å². The topological polar surface area (TPSA) is 42.0 Å². The fourth-order valence-electron chi connectivity index (χ4n) is 2.12. The molecule has 3 aromatic rings. The molecule has 1 aromatic heterocycles. The van der Waals surface area contributed by atoms with Gasteiger partial charge in [-0.3, -0.25) is 4.79 Å². The third-order valence-corrected chi connectivity index (χ3v) is 4.54. The van der Waals surface area contributed by atoms with Crippen LogP contribution in [0.15, 0.2) is 46.9 Å². The number of aromatic nitrogens is 1. The molecule has 0 bridgehead atoms. The molecule has 0 fully saturated rings. The summed E-state index contributed by atoms with van der Waals surface area (Å²) in [6.45, 7) is 2.42. The van der Waals surface area contributed by atoms with E-state index in [9.17, 15) is 4.79 Å². The van der Waals surface area contributed by atoms with Crippen LogP contribution in [-0.4, -0.2) is 10.9 Å². The predicted molar refractivity (Wildman–Crippen MR) is 89.7 cm³/mol. The quantitative estimate of drug-likeness (QED) is 0.756. The molecule has 1 heterocycles. The molecule has 5 heteroatoms. The van der Waals surface area contributed by atoms with Gasteiger partial charge in [-0.15, -0.1) is 11.3 Å². The first-order valence-electron chi connectivity index (χ1n) is 6.52. The van der Waals surface area contributed by atoms with Crippen molar-refractivity contribution in [3.05, 3.63) is 63.1 Å². The number of thiazole rings is 1. The largest absolute Gasteiger partial charge is 0.346 e. The average Bonchev–Trinajstić information content (AvgIpc) is 2.86. The SMILES string of the molecule is Cc1cc(Br)cc(C(=O)NCc2nc3ccccc3s2)c1. The molecule has 0 atom stereocenters. The Labute approximate surface area is 135 Å². The maximum absolute atomic E-state index is 12.2. The van der Waals surface area contributed by atoms with Crippen molar-refractivity contribution in [3.8, 4) is 0 Å². The molecule has 0 saturated heterocycles. The minimum absolute atomic E-state index is 0.0846. The van der Waals surface area contributed by atoms with Crippen molar-refractivity contribution in [2.24, 2.45) is 0 Å². The Hall–Kier alpha value is -1.72. The highest BCUT2D eigenvalue weighted by Crippen LogP contribution is 2.21. The van der Waals surface area contributed by atoms with Gasteiger partial charge in [0, 0.05) is 10.0 Å². The summed E-state index contributed by atoms with van der Waals surface area (Å²) >= 11 is 5.02. The van der Waals surface area contributed by atoms with Crippen LogP contribution in [0, 0.1) is 6.92 Å². The smallest absolute Gasteiger partial charge is 0.251 e. The van der Waals surface area contributed by atoms with E-state index in [1.807, 2.05) is 49.4 Å². The summed E-state index contributed by atoms with van der Waals surface area (Å²) in [6.07, 6.45) is 0. The highest BCUT2D eigenvalue weighted by molar-refractivity contribution is 9.10. The summed E-state index contributed by atoms with van der Waals surface area (Å²) < 4.78 is 2.05. The number of nitrogens with one attached hydrogen (secondary N) is 1. The van der Waals surface area contributed by atoms with Crippen LogP contribution in [0.4, 0.5) is 0 Å². The van der Waals surface area contributed by atoms with E-state index in [0.29, 0.717) is 12.1 Å². The zero-order valence-electron chi connectivity index (χ0n) is 11.4. The van der Waals surface area contributed by atoms with Gasteiger partial charge in [0.2, 0.25) is 0 Å². The summed E-state index contributed by atoms with van der Waals surface area (Å²) in [4.78, 5) is 16.7. The minimum atomic E-state index is -0.0846. The number of nitrogens with zero attached hydrogens (tertiary/aromatic N) is 1. The normalized spacial score (nSPS) is 10.8. The van der Waals surface area contributed by atoms with Crippen molar-refractivity contribution < 1.29 is 4.79 Å². The van der Waals surface area contributed by atoms with Gasteiger partial charge in [0.25, 0.3) is 5.91 Å². The van der Waals surface area contributed by atoms with Crippen molar-refractivity contribution in [2.75, 3.05) is 0 Å². The Balaban J connectivity index is 1.73. The molecule has 3 nitrogen and oxygen atoms in total. The molecule has 3 rings (SSSR count). The summed E-state index contributed by atoms with van der Waals surface area (Å²) in [5, 5.41) is 3.83. The van der Waals surface area contributed by atoms with Gasteiger partial charge in [-0.25, -0.2) is 4.98 Å². The number of fused-ring (bicyclic) bond motifs is 1. The second kappa shape index (κ2) is 5.95. The maximum Gasteiger partial charge on any atom is 0.251 e. The van der Waals surface area contributed by atoms with Gasteiger partial charge in [0.15, 0.2) is 0 Å². The van der Waals surface area contributed by atoms with E-state index in [1.165, 1.54) is 0 Å². The van der Waals surface area contributed by atoms with E-state index < -0.39 is 0 Å². The van der Waals surface area contributed by atoms with E-state index in [-0.39, 0.29) is 5.91 Å². The molecule has 0 radical (unpaired) electrons. The number of amides is 1. The number of aryl methyl sites for hydroxylation is 1. The standard InChI is InChI=1S/C16H13BrN2OS/c1-10-6-11(8-12(17)7-10)16(20)18-9-15-19-13-4-2-3-5-14(13)21-15/h2-8H,9H2,1H3,(H,18,20). The van der Waals surface area contributed by atoms with Gasteiger partial charge in [-0.2, -0.15) is 0 Å². The highest BCUT2D eigenvalue weighted by Gasteiger charge is 2.09. The molecular formula is C16H13BrN2OS. The number of para-hydroxylation sites is 1. The molecule has 1 N–H and O–H groups in total. The number of hydrogen-bond donors (Lipinski definition) is 1. The fourth-order valence-corrected chi connectivity index (χ4v) is 3.64. The van der Waals surface area contributed by atoms with E-state index in [1.54, 1.807) is 11.3 Å². The Morgan fingerprint density at radius 2 is 2.10 bits per heavy atom. The first kappa shape index (κ1) is 14.2. The molecule has 0 unspecified atom stereocenters. The first-order chi connectivity index (χ1) is 10.1. The third-order valence-electron chi connectivity index (χ3n) is 3.04. The van der Waals surface area contributed by atoms with E-state index in [2.05, 4.69) is 26.2 Å². The lowest BCUT2D eigenvalue weighted by molar-refractivity contribution is 0.0950. The van der Waals surface area contributed by atoms with E-state index in [0.717, 1.165) is 25.3 Å². The van der Waals surface area contributed by atoms with Crippen LogP contribution in [0.3, 0.4) is 0 Å². The lowest BCUT2D eigenvalue weighted by Crippen LogP contribution is -2.22. The van der Waals surface area contributed by atoms with Gasteiger partial charge in [0.1, 0.15) is 5.01 Å². The number of carbonyl (C=O) groups excluding carboxylic acids is 1. The number of benzene rings is 2. The van der Waals surface area contributed by atoms with Crippen molar-refractivity contribution >= 4 is 43.4 Å². The van der Waals surface area contributed by atoms with Crippen LogP contribution in [0.2, 0.25) is 0 Å². The summed E-state index contributed by atoms with van der Waals surface area (Å²) in [7, 11) is 0. The molecule has 106 valence electrons. The highest BCUT2D eigenvalue weighted by atomic mass is 79.9. The van der Waals surface area contributed by atoms with Gasteiger partial charge in [-0.1, -0.05) is 28.1 Å². The van der Waals surface area contributed by atoms with Crippen molar-refractivity contribution in [1.29, 1.82) is 0 Å². The van der Waals surface area contributed by atoms with Crippen LogP contribution >= 0.6 is 27.3 Å². The number of hydrogen-bond acceptors (Lipinski definition) is 3. The van der Waals surface area contributed by atoms with Crippen molar-refractivity contribution in [3.63, 3.8) is 0 Å². The van der Waals surface area contributed by atoms with Crippen molar-refractivity contribution in [2.45, 2.75) is 13.5 Å². The number of carbonyl (C=O) groups is 1. The minimum Gasteiger partial charge on any atom is -0.346 e. The molecule has 21 heavy (non-hydrogen) atoms. The lowest BCUT2D eigenvalue weighted by Gasteiger charge is -2.05. The van der Waals surface area contributed by atoms with E-state index in [4.69, 9.17) is 0 Å². The second-order valence-electron chi connectivity index (χ2n) is 4.78. The summed E-state index contributed by atoms with van der Waals surface area (Å²) in [6, 6.07) is 13.6. The van der Waals surface area contributed by atoms with Crippen LogP contribution in [0.5, 0.6) is 0 Å². The molecule has 1 amide bonds. The van der Waals surface area contributed by atoms with Gasteiger partial charge in [-0.05, 0) is 42.8 Å². The van der Waals surface area contributed by atoms with Crippen LogP contribution in [0.1, 0.15) is 20.9 Å². The Bertz CT molecular complexity index is 760. The molecule has 0 aliphatic carbocycles. The predicted octanol–water partition coefficient (Wildman–Crippen LogP) is 4.30. The number of rotatable bonds is 3. The fraction of sp³-hybridized carbons (Fsp3) is 0.125. The Kier molecular flexibility index (Phi) is 4.03. The molecule has 0 aliphatic heterocycles. The molecule has 0 saturated carbocycles. The first-order valence-corrected chi connectivity index (χ1v) is 8.12. The Morgan fingerprint density at radius 3 is 2.86 bits per heavy atom. The van der Waals surface area contributed by atoms with Crippen molar-refractivity contribution in [1.82, 2.24) is 10.3 Å². The zero-order chi connectivity index (χ0) is 14.8. The number of halogens is 1. The second-order valence-corrected chi connectivity index (χ2v) is 6.81. The summed E-state index contributed by atoms with van der Waals surface area (Å²) in [5.74, 6) is -0.0846. The van der Waals surface area contributed by atoms with E-state index >= 15 is 0 Å². The van der Waals surface area contributed by atoms with Gasteiger partial charge >= 0.3 is 0 Å². The lowest BCUT2D eigenvalue weighted by atomic mass is 10.1. The Morgan fingerprint density at radius 1 is 1.29 bits per heavy atom. The zero-order valence-corrected chi connectivity index (χ0v) is 13.8. The molecule has 0 aliphatic rings. The third kappa shape index (κ3) is 3.31. The summed E-state index contributed by atoms with van der Waals surface area (Å²) in [5.41, 5.74) is 2.68. The molecule has 0 spiro atoms. The average molecular weight is 361 g/mol. The molecule has 2 aromatic carbocycles. The van der Waals surface area contributed by atoms with Gasteiger partial charge < -0.3 is 5.32 Å². The van der Waals surface area contributed by atoms with Crippen LogP contribution in [-0.2, 0) is 6.54 Å². The van der Waals surface area contributed by atoms with Crippen LogP contribution < -0.4 is 5.32 Å². The molecular weight excluding hydrogens is 348 g/mol. The van der Waals surface area contributed by atoms with Crippen LogP contribution in [0.25, 0.3) is 10.2 Å². The maximum atomic E-state index is 12.2. The monoisotopic (exact) mass is 360 g/mol.